The van der Waals surface area contributed by atoms with E-state index in [4.69, 9.17) is 0 Å². The van der Waals surface area contributed by atoms with Crippen molar-refractivity contribution in [2.24, 2.45) is 11.8 Å². The highest BCUT2D eigenvalue weighted by Gasteiger charge is 2.90. The average molecular weight is 232 g/mol. The number of fused-ring (bicyclic) bond motifs is 4. The van der Waals surface area contributed by atoms with Gasteiger partial charge in [-0.05, 0) is 35.8 Å². The first kappa shape index (κ1) is 9.38. The molecule has 0 amide bonds. The second-order valence-corrected chi connectivity index (χ2v) is 6.30. The summed E-state index contributed by atoms with van der Waals surface area (Å²) in [7, 11) is 0. The van der Waals surface area contributed by atoms with Crippen LogP contribution in [-0.2, 0) is 10.8 Å². The smallest absolute Gasteiger partial charge is 0.00872 e. The molecule has 0 N–H and O–H groups in total. The van der Waals surface area contributed by atoms with Gasteiger partial charge in [-0.2, -0.15) is 0 Å². The summed E-state index contributed by atoms with van der Waals surface area (Å²) in [5.74, 6) is 1.97. The van der Waals surface area contributed by atoms with Crippen LogP contribution in [0.3, 0.4) is 0 Å². The van der Waals surface area contributed by atoms with Gasteiger partial charge in [0, 0.05) is 10.8 Å². The summed E-state index contributed by atoms with van der Waals surface area (Å²) in [5, 5.41) is 0. The molecule has 0 heteroatoms. The van der Waals surface area contributed by atoms with Gasteiger partial charge >= 0.3 is 0 Å². The molecule has 0 spiro atoms. The van der Waals surface area contributed by atoms with Crippen molar-refractivity contribution in [1.82, 2.24) is 0 Å². The Balaban J connectivity index is 1.66. The van der Waals surface area contributed by atoms with Crippen LogP contribution in [0.15, 0.2) is 60.7 Å². The van der Waals surface area contributed by atoms with Crippen LogP contribution in [-0.4, -0.2) is 0 Å². The summed E-state index contributed by atoms with van der Waals surface area (Å²) in [4.78, 5) is 0. The van der Waals surface area contributed by atoms with Gasteiger partial charge in [0.1, 0.15) is 0 Å². The normalized spacial score (nSPS) is 42.4. The lowest BCUT2D eigenvalue weighted by Crippen LogP contribution is -2.38. The molecule has 0 aliphatic heterocycles. The van der Waals surface area contributed by atoms with Gasteiger partial charge in [0.25, 0.3) is 0 Å². The third kappa shape index (κ3) is 0.791. The van der Waals surface area contributed by atoms with Gasteiger partial charge in [-0.3, -0.25) is 0 Å². The van der Waals surface area contributed by atoms with Crippen LogP contribution in [0.5, 0.6) is 0 Å². The van der Waals surface area contributed by atoms with Crippen LogP contribution in [0.4, 0.5) is 0 Å². The molecule has 0 radical (unpaired) electrons. The van der Waals surface area contributed by atoms with E-state index in [9.17, 15) is 0 Å². The van der Waals surface area contributed by atoms with Crippen LogP contribution in [0.2, 0.25) is 0 Å². The average Bonchev–Trinajstić information content (AvgIpc) is 3.29. The molecule has 3 aliphatic carbocycles. The van der Waals surface area contributed by atoms with Crippen molar-refractivity contribution in [1.29, 1.82) is 0 Å². The van der Waals surface area contributed by atoms with Crippen LogP contribution < -0.4 is 0 Å². The molecule has 0 heterocycles. The van der Waals surface area contributed by atoms with Gasteiger partial charge in [-0.25, -0.2) is 0 Å². The van der Waals surface area contributed by atoms with Gasteiger partial charge in [0.15, 0.2) is 0 Å². The predicted octanol–water partition coefficient (Wildman–Crippen LogP) is 3.92. The second kappa shape index (κ2) is 2.71. The van der Waals surface area contributed by atoms with E-state index in [1.165, 1.54) is 12.8 Å². The summed E-state index contributed by atoms with van der Waals surface area (Å²) >= 11 is 0. The van der Waals surface area contributed by atoms with Gasteiger partial charge < -0.3 is 0 Å². The second-order valence-electron chi connectivity index (χ2n) is 6.30. The summed E-state index contributed by atoms with van der Waals surface area (Å²) in [6, 6.07) is 22.5. The number of rotatable bonds is 2. The van der Waals surface area contributed by atoms with E-state index in [1.807, 2.05) is 0 Å². The fraction of sp³-hybridized carbons (Fsp3) is 0.333. The molecule has 0 nitrogen and oxygen atoms in total. The topological polar surface area (TPSA) is 0 Å². The van der Waals surface area contributed by atoms with E-state index in [0.717, 1.165) is 11.8 Å². The van der Waals surface area contributed by atoms with Crippen molar-refractivity contribution in [3.05, 3.63) is 71.8 Å². The maximum absolute atomic E-state index is 2.35. The fourth-order valence-corrected chi connectivity index (χ4v) is 5.13. The van der Waals surface area contributed by atoms with Crippen molar-refractivity contribution in [3.63, 3.8) is 0 Å². The summed E-state index contributed by atoms with van der Waals surface area (Å²) < 4.78 is 0. The molecular weight excluding hydrogens is 216 g/mol. The Bertz CT molecular complexity index is 558. The van der Waals surface area contributed by atoms with Crippen LogP contribution in [0.25, 0.3) is 0 Å². The molecule has 2 aromatic carbocycles. The Labute approximate surface area is 108 Å². The van der Waals surface area contributed by atoms with Crippen molar-refractivity contribution >= 4 is 0 Å². The summed E-state index contributed by atoms with van der Waals surface area (Å²) in [6.45, 7) is 0. The van der Waals surface area contributed by atoms with E-state index < -0.39 is 0 Å². The Hall–Kier alpha value is -1.56. The fourth-order valence-electron chi connectivity index (χ4n) is 5.13. The summed E-state index contributed by atoms with van der Waals surface area (Å²) in [5.41, 5.74) is 4.21. The lowest BCUT2D eigenvalue weighted by atomic mass is 9.65. The molecular formula is C18H16. The molecule has 88 valence electrons. The minimum atomic E-state index is 0.514. The van der Waals surface area contributed by atoms with Crippen LogP contribution >= 0.6 is 0 Å². The van der Waals surface area contributed by atoms with E-state index in [0.29, 0.717) is 10.8 Å². The first-order valence-corrected chi connectivity index (χ1v) is 7.01. The monoisotopic (exact) mass is 232 g/mol. The molecule has 0 saturated heterocycles. The Morgan fingerprint density at radius 2 is 1.00 bits per heavy atom. The molecule has 0 aromatic heterocycles. The molecule has 0 bridgehead atoms. The highest BCUT2D eigenvalue weighted by atomic mass is 14.9. The minimum Gasteiger partial charge on any atom is -0.0622 e. The largest absolute Gasteiger partial charge is 0.0622 e. The van der Waals surface area contributed by atoms with E-state index in [-0.39, 0.29) is 0 Å². The third-order valence-corrected chi connectivity index (χ3v) is 5.89. The van der Waals surface area contributed by atoms with Crippen molar-refractivity contribution in [2.75, 3.05) is 0 Å². The maximum atomic E-state index is 2.35. The van der Waals surface area contributed by atoms with E-state index in [1.54, 1.807) is 11.1 Å². The molecule has 18 heavy (non-hydrogen) atoms. The van der Waals surface area contributed by atoms with Gasteiger partial charge in [-0.15, -0.1) is 0 Å². The zero-order chi connectivity index (χ0) is 11.8. The molecule has 0 unspecified atom stereocenters. The summed E-state index contributed by atoms with van der Waals surface area (Å²) in [6.07, 6.45) is 2.85. The quantitative estimate of drug-likeness (QED) is 0.736. The Kier molecular flexibility index (Phi) is 1.41. The number of hydrogen-bond donors (Lipinski definition) is 0. The van der Waals surface area contributed by atoms with E-state index >= 15 is 0 Å². The Morgan fingerprint density at radius 3 is 1.33 bits per heavy atom. The molecule has 5 rings (SSSR count). The van der Waals surface area contributed by atoms with Crippen molar-refractivity contribution in [2.45, 2.75) is 23.7 Å². The standard InChI is InChI=1S/C18H16/c1-3-7-13(8-4-1)17-11-15(17)16-12-18(16,17)14-9-5-2-6-10-14/h1-10,15-16H,11-12H2/t15-,16-,17+,18+/m0/s1. The predicted molar refractivity (Wildman–Crippen MR) is 72.5 cm³/mol. The van der Waals surface area contributed by atoms with Crippen LogP contribution in [0, 0.1) is 11.8 Å². The zero-order valence-corrected chi connectivity index (χ0v) is 10.3. The molecule has 4 atom stereocenters. The Morgan fingerprint density at radius 1 is 0.611 bits per heavy atom. The lowest BCUT2D eigenvalue weighted by Gasteiger charge is -2.38. The minimum absolute atomic E-state index is 0.514. The first-order chi connectivity index (χ1) is 8.89. The van der Waals surface area contributed by atoms with Gasteiger partial charge in [-0.1, -0.05) is 60.7 Å². The SMILES string of the molecule is c1ccc([C@]23C[C@H]2[C@@H]2C[C@@]23c2ccccc2)cc1. The number of benzene rings is 2. The van der Waals surface area contributed by atoms with Gasteiger partial charge in [0.05, 0.1) is 0 Å². The molecule has 3 fully saturated rings. The van der Waals surface area contributed by atoms with Crippen LogP contribution in [0.1, 0.15) is 24.0 Å². The van der Waals surface area contributed by atoms with E-state index in [2.05, 4.69) is 60.7 Å². The highest BCUT2D eigenvalue weighted by Crippen LogP contribution is 2.92. The molecule has 2 aromatic rings. The zero-order valence-electron chi connectivity index (χ0n) is 10.3. The van der Waals surface area contributed by atoms with Gasteiger partial charge in [0.2, 0.25) is 0 Å². The molecule has 3 aliphatic rings. The first-order valence-electron chi connectivity index (χ1n) is 7.01. The highest BCUT2D eigenvalue weighted by molar-refractivity contribution is 5.60. The maximum Gasteiger partial charge on any atom is 0.00872 e. The molecule has 3 saturated carbocycles. The number of hydrogen-bond acceptors (Lipinski definition) is 0. The van der Waals surface area contributed by atoms with Crippen molar-refractivity contribution in [3.8, 4) is 0 Å². The third-order valence-electron chi connectivity index (χ3n) is 5.89. The lowest BCUT2D eigenvalue weighted by molar-refractivity contribution is 0.311. The van der Waals surface area contributed by atoms with Crippen molar-refractivity contribution < 1.29 is 0 Å².